The molecule has 0 aliphatic heterocycles. The van der Waals surface area contributed by atoms with E-state index in [4.69, 9.17) is 16.0 Å². The van der Waals surface area contributed by atoms with Crippen LogP contribution < -0.4 is 10.6 Å². The first-order chi connectivity index (χ1) is 9.17. The Balaban J connectivity index is 2.01. The van der Waals surface area contributed by atoms with Crippen molar-refractivity contribution in [2.45, 2.75) is 26.3 Å². The normalized spacial score (nSPS) is 12.2. The summed E-state index contributed by atoms with van der Waals surface area (Å²) in [4.78, 5) is 12.3. The molecule has 0 saturated carbocycles. The van der Waals surface area contributed by atoms with Crippen LogP contribution in [0, 0.1) is 0 Å². The minimum atomic E-state index is 0.124. The fourth-order valence-corrected chi connectivity index (χ4v) is 1.81. The first-order valence-electron chi connectivity index (χ1n) is 6.11. The van der Waals surface area contributed by atoms with Crippen LogP contribution in [0.25, 0.3) is 0 Å². The van der Waals surface area contributed by atoms with Gasteiger partial charge in [0.05, 0.1) is 6.26 Å². The second kappa shape index (κ2) is 6.38. The Morgan fingerprint density at radius 3 is 2.79 bits per heavy atom. The molecule has 2 rings (SSSR count). The second-order valence-electron chi connectivity index (χ2n) is 4.11. The molecule has 1 unspecified atom stereocenters. The Labute approximate surface area is 116 Å². The average Bonchev–Trinajstić information content (AvgIpc) is 2.81. The van der Waals surface area contributed by atoms with Gasteiger partial charge in [-0.1, -0.05) is 0 Å². The van der Waals surface area contributed by atoms with Gasteiger partial charge in [0.15, 0.2) is 0 Å². The second-order valence-corrected chi connectivity index (χ2v) is 4.45. The van der Waals surface area contributed by atoms with Crippen molar-refractivity contribution in [3.8, 4) is 0 Å². The van der Waals surface area contributed by atoms with Gasteiger partial charge < -0.3 is 15.1 Å². The fraction of sp³-hybridized carbons (Fsp3) is 0.417. The minimum Gasteiger partial charge on any atom is -0.469 e. The van der Waals surface area contributed by atoms with Gasteiger partial charge in [0.25, 0.3) is 0 Å². The number of hydrogen-bond donors (Lipinski definition) is 2. The monoisotopic (exact) mass is 281 g/mol. The lowest BCUT2D eigenvalue weighted by atomic mass is 10.2. The van der Waals surface area contributed by atoms with Crippen LogP contribution in [0.2, 0.25) is 5.28 Å². The largest absolute Gasteiger partial charge is 0.469 e. The number of rotatable bonds is 6. The highest BCUT2D eigenvalue weighted by Gasteiger charge is 2.09. The van der Waals surface area contributed by atoms with Gasteiger partial charge in [-0.25, -0.2) is 0 Å². The number of aromatic nitrogens is 3. The molecule has 6 nitrogen and oxygen atoms in total. The number of furan rings is 1. The summed E-state index contributed by atoms with van der Waals surface area (Å²) in [5.74, 6) is 1.83. The summed E-state index contributed by atoms with van der Waals surface area (Å²) in [6.07, 6.45) is 2.40. The molecule has 19 heavy (non-hydrogen) atoms. The summed E-state index contributed by atoms with van der Waals surface area (Å²) in [6.45, 7) is 4.71. The van der Waals surface area contributed by atoms with Gasteiger partial charge in [-0.2, -0.15) is 15.0 Å². The van der Waals surface area contributed by atoms with Crippen molar-refractivity contribution >= 4 is 23.5 Å². The molecule has 0 bridgehead atoms. The molecular formula is C12H16ClN5O. The maximum atomic E-state index is 5.85. The smallest absolute Gasteiger partial charge is 0.229 e. The Morgan fingerprint density at radius 2 is 2.11 bits per heavy atom. The van der Waals surface area contributed by atoms with Crippen molar-refractivity contribution in [2.75, 3.05) is 17.2 Å². The topological polar surface area (TPSA) is 75.9 Å². The van der Waals surface area contributed by atoms with Gasteiger partial charge in [0.1, 0.15) is 5.76 Å². The molecule has 1 atom stereocenters. The van der Waals surface area contributed by atoms with E-state index in [1.165, 1.54) is 0 Å². The zero-order valence-electron chi connectivity index (χ0n) is 10.9. The summed E-state index contributed by atoms with van der Waals surface area (Å²) in [5.41, 5.74) is 0. The molecule has 7 heteroatoms. The van der Waals surface area contributed by atoms with Crippen LogP contribution in [0.5, 0.6) is 0 Å². The van der Waals surface area contributed by atoms with Gasteiger partial charge in [0, 0.05) is 19.0 Å². The molecule has 0 fully saturated rings. The van der Waals surface area contributed by atoms with Crippen LogP contribution in [0.3, 0.4) is 0 Å². The number of anilines is 2. The predicted octanol–water partition coefficient (Wildman–Crippen LogP) is 2.59. The molecular weight excluding hydrogens is 266 g/mol. The van der Waals surface area contributed by atoms with Gasteiger partial charge >= 0.3 is 0 Å². The molecule has 0 aromatic carbocycles. The Bertz CT molecular complexity index is 517. The van der Waals surface area contributed by atoms with Gasteiger partial charge in [-0.15, -0.1) is 0 Å². The highest BCUT2D eigenvalue weighted by atomic mass is 35.5. The first-order valence-corrected chi connectivity index (χ1v) is 6.49. The predicted molar refractivity (Wildman–Crippen MR) is 74.5 cm³/mol. The highest BCUT2D eigenvalue weighted by molar-refractivity contribution is 6.28. The first kappa shape index (κ1) is 13.6. The van der Waals surface area contributed by atoms with Gasteiger partial charge in [0.2, 0.25) is 17.2 Å². The molecule has 0 radical (unpaired) electrons. The Morgan fingerprint density at radius 1 is 1.32 bits per heavy atom. The van der Waals surface area contributed by atoms with Crippen molar-refractivity contribution in [1.29, 1.82) is 0 Å². The van der Waals surface area contributed by atoms with Crippen molar-refractivity contribution in [1.82, 2.24) is 15.0 Å². The lowest BCUT2D eigenvalue weighted by Gasteiger charge is -2.13. The molecule has 2 heterocycles. The van der Waals surface area contributed by atoms with E-state index < -0.39 is 0 Å². The molecule has 2 aromatic rings. The van der Waals surface area contributed by atoms with E-state index in [0.29, 0.717) is 11.9 Å². The fourth-order valence-electron chi connectivity index (χ4n) is 1.65. The third-order valence-corrected chi connectivity index (χ3v) is 2.58. The zero-order valence-corrected chi connectivity index (χ0v) is 11.6. The maximum absolute atomic E-state index is 5.85. The third kappa shape index (κ3) is 4.10. The van der Waals surface area contributed by atoms with E-state index in [1.807, 2.05) is 26.0 Å². The van der Waals surface area contributed by atoms with Crippen LogP contribution in [-0.4, -0.2) is 27.5 Å². The quantitative estimate of drug-likeness (QED) is 0.848. The molecule has 2 N–H and O–H groups in total. The molecule has 0 saturated heterocycles. The zero-order chi connectivity index (χ0) is 13.7. The Kier molecular flexibility index (Phi) is 4.57. The molecule has 0 aliphatic carbocycles. The average molecular weight is 282 g/mol. The lowest BCUT2D eigenvalue weighted by molar-refractivity contribution is 0.497. The van der Waals surface area contributed by atoms with Gasteiger partial charge in [-0.3, -0.25) is 0 Å². The minimum absolute atomic E-state index is 0.124. The molecule has 2 aromatic heterocycles. The van der Waals surface area contributed by atoms with E-state index in [-0.39, 0.29) is 11.3 Å². The summed E-state index contributed by atoms with van der Waals surface area (Å²) < 4.78 is 5.30. The van der Waals surface area contributed by atoms with E-state index in [9.17, 15) is 0 Å². The van der Waals surface area contributed by atoms with Crippen LogP contribution in [0.4, 0.5) is 11.9 Å². The van der Waals surface area contributed by atoms with Crippen LogP contribution in [0.15, 0.2) is 22.8 Å². The number of halogens is 1. The van der Waals surface area contributed by atoms with Crippen LogP contribution >= 0.6 is 11.6 Å². The number of nitrogens with one attached hydrogen (secondary N) is 2. The van der Waals surface area contributed by atoms with Crippen molar-refractivity contribution in [2.24, 2.45) is 0 Å². The SMILES string of the molecule is CCNc1nc(Cl)nc(NC(C)Cc2ccco2)n1. The van der Waals surface area contributed by atoms with Crippen molar-refractivity contribution < 1.29 is 4.42 Å². The maximum Gasteiger partial charge on any atom is 0.229 e. The summed E-state index contributed by atoms with van der Waals surface area (Å²) in [5, 5.41) is 6.34. The highest BCUT2D eigenvalue weighted by Crippen LogP contribution is 2.12. The molecule has 102 valence electrons. The van der Waals surface area contributed by atoms with Crippen LogP contribution in [-0.2, 0) is 6.42 Å². The number of nitrogens with zero attached hydrogens (tertiary/aromatic N) is 3. The van der Waals surface area contributed by atoms with Gasteiger partial charge in [-0.05, 0) is 37.6 Å². The molecule has 0 spiro atoms. The molecule has 0 aliphatic rings. The van der Waals surface area contributed by atoms with E-state index in [0.717, 1.165) is 18.7 Å². The Hall–Kier alpha value is -1.82. The summed E-state index contributed by atoms with van der Waals surface area (Å²) in [7, 11) is 0. The van der Waals surface area contributed by atoms with Crippen molar-refractivity contribution in [3.05, 3.63) is 29.4 Å². The van der Waals surface area contributed by atoms with Crippen molar-refractivity contribution in [3.63, 3.8) is 0 Å². The van der Waals surface area contributed by atoms with E-state index in [1.54, 1.807) is 6.26 Å². The number of hydrogen-bond acceptors (Lipinski definition) is 6. The summed E-state index contributed by atoms with van der Waals surface area (Å²) >= 11 is 5.85. The third-order valence-electron chi connectivity index (χ3n) is 2.41. The van der Waals surface area contributed by atoms with E-state index in [2.05, 4.69) is 25.6 Å². The standard InChI is InChI=1S/C12H16ClN5O/c1-3-14-11-16-10(13)17-12(18-11)15-8(2)7-9-5-4-6-19-9/h4-6,8H,3,7H2,1-2H3,(H2,14,15,16,17,18). The van der Waals surface area contributed by atoms with Crippen LogP contribution in [0.1, 0.15) is 19.6 Å². The lowest BCUT2D eigenvalue weighted by Crippen LogP contribution is -2.20. The summed E-state index contributed by atoms with van der Waals surface area (Å²) in [6, 6.07) is 3.92. The molecule has 0 amide bonds. The van der Waals surface area contributed by atoms with E-state index >= 15 is 0 Å².